The van der Waals surface area contributed by atoms with Crippen molar-refractivity contribution in [2.45, 2.75) is 0 Å². The summed E-state index contributed by atoms with van der Waals surface area (Å²) in [5.74, 6) is -1.07. The van der Waals surface area contributed by atoms with E-state index in [0.29, 0.717) is 22.4 Å². The number of aromatic nitrogens is 5. The maximum absolute atomic E-state index is 11.3. The molecule has 3 heterocycles. The van der Waals surface area contributed by atoms with Gasteiger partial charge in [-0.05, 0) is 0 Å². The summed E-state index contributed by atoms with van der Waals surface area (Å²) in [6.07, 6.45) is 7.39. The van der Waals surface area contributed by atoms with Crippen LogP contribution < -0.4 is 5.32 Å². The molecule has 8 heteroatoms. The molecular weight excluding hydrogens is 260 g/mol. The van der Waals surface area contributed by atoms with Crippen molar-refractivity contribution in [3.8, 4) is 0 Å². The van der Waals surface area contributed by atoms with Crippen LogP contribution in [0.1, 0.15) is 10.4 Å². The molecule has 3 aromatic rings. The fourth-order valence-corrected chi connectivity index (χ4v) is 1.90. The number of carbonyl (C=O) groups is 1. The van der Waals surface area contributed by atoms with Gasteiger partial charge in [-0.15, -0.1) is 0 Å². The number of pyridine rings is 1. The number of hydrogen-bond acceptors (Lipinski definition) is 6. The second-order valence-corrected chi connectivity index (χ2v) is 4.11. The number of anilines is 2. The molecule has 100 valence electrons. The van der Waals surface area contributed by atoms with Crippen molar-refractivity contribution in [1.82, 2.24) is 24.7 Å². The Hall–Kier alpha value is -3.03. The monoisotopic (exact) mass is 270 g/mol. The Labute approximate surface area is 113 Å². The number of carboxylic acids is 1. The van der Waals surface area contributed by atoms with Crippen LogP contribution in [-0.2, 0) is 7.05 Å². The number of nitrogens with zero attached hydrogens (tertiary/aromatic N) is 5. The summed E-state index contributed by atoms with van der Waals surface area (Å²) < 4.78 is 1.58. The zero-order valence-electron chi connectivity index (χ0n) is 10.5. The molecule has 8 nitrogen and oxygen atoms in total. The van der Waals surface area contributed by atoms with E-state index >= 15 is 0 Å². The largest absolute Gasteiger partial charge is 0.478 e. The molecule has 0 aliphatic heterocycles. The lowest BCUT2D eigenvalue weighted by molar-refractivity contribution is 0.0697. The smallest absolute Gasteiger partial charge is 0.339 e. The molecule has 0 atom stereocenters. The van der Waals surface area contributed by atoms with E-state index < -0.39 is 5.97 Å². The number of aromatic carboxylic acids is 1. The summed E-state index contributed by atoms with van der Waals surface area (Å²) in [4.78, 5) is 23.2. The molecule has 0 aliphatic carbocycles. The summed E-state index contributed by atoms with van der Waals surface area (Å²) in [6.45, 7) is 0. The van der Waals surface area contributed by atoms with E-state index in [1.54, 1.807) is 30.3 Å². The molecule has 20 heavy (non-hydrogen) atoms. The fraction of sp³-hybridized carbons (Fsp3) is 0.0833. The van der Waals surface area contributed by atoms with Crippen LogP contribution in [0.3, 0.4) is 0 Å². The van der Waals surface area contributed by atoms with Gasteiger partial charge in [-0.25, -0.2) is 19.7 Å². The van der Waals surface area contributed by atoms with Crippen LogP contribution in [0.5, 0.6) is 0 Å². The van der Waals surface area contributed by atoms with Crippen LogP contribution in [0.25, 0.3) is 11.0 Å². The summed E-state index contributed by atoms with van der Waals surface area (Å²) >= 11 is 0. The van der Waals surface area contributed by atoms with Crippen molar-refractivity contribution in [3.63, 3.8) is 0 Å². The molecule has 0 saturated heterocycles. The maximum Gasteiger partial charge on any atom is 0.339 e. The number of hydrogen-bond donors (Lipinski definition) is 2. The normalized spacial score (nSPS) is 10.7. The van der Waals surface area contributed by atoms with Crippen molar-refractivity contribution >= 4 is 28.4 Å². The van der Waals surface area contributed by atoms with E-state index in [1.807, 2.05) is 0 Å². The van der Waals surface area contributed by atoms with Crippen molar-refractivity contribution in [3.05, 3.63) is 36.7 Å². The Morgan fingerprint density at radius 3 is 2.70 bits per heavy atom. The minimum Gasteiger partial charge on any atom is -0.478 e. The summed E-state index contributed by atoms with van der Waals surface area (Å²) in [6, 6.07) is 0. The van der Waals surface area contributed by atoms with Crippen molar-refractivity contribution in [2.75, 3.05) is 5.32 Å². The Bertz CT molecular complexity index is 783. The SMILES string of the molecule is Cn1ncc2c(Nc3cncnc3)c(C(=O)O)cnc21. The highest BCUT2D eigenvalue weighted by molar-refractivity contribution is 6.04. The molecule has 0 fully saturated rings. The van der Waals surface area contributed by atoms with Gasteiger partial charge in [0.2, 0.25) is 0 Å². The number of carboxylic acid groups (broad SMARTS) is 1. The van der Waals surface area contributed by atoms with Gasteiger partial charge < -0.3 is 10.4 Å². The molecule has 0 spiro atoms. The van der Waals surface area contributed by atoms with Gasteiger partial charge in [0.25, 0.3) is 0 Å². The van der Waals surface area contributed by atoms with E-state index in [9.17, 15) is 9.90 Å². The average Bonchev–Trinajstić information content (AvgIpc) is 2.82. The standard InChI is InChI=1S/C12H10N6O2/c1-18-11-8(5-16-18)10(9(4-15-11)12(19)20)17-7-2-13-6-14-3-7/h2-6H,1H3,(H,15,17)(H,19,20). The van der Waals surface area contributed by atoms with Crippen LogP contribution >= 0.6 is 0 Å². The second-order valence-electron chi connectivity index (χ2n) is 4.11. The third kappa shape index (κ3) is 1.92. The zero-order chi connectivity index (χ0) is 14.1. The molecule has 2 N–H and O–H groups in total. The second kappa shape index (κ2) is 4.57. The van der Waals surface area contributed by atoms with Gasteiger partial charge >= 0.3 is 5.97 Å². The fourth-order valence-electron chi connectivity index (χ4n) is 1.90. The highest BCUT2D eigenvalue weighted by atomic mass is 16.4. The van der Waals surface area contributed by atoms with E-state index in [1.165, 1.54) is 12.5 Å². The van der Waals surface area contributed by atoms with Gasteiger partial charge in [0, 0.05) is 13.2 Å². The Kier molecular flexibility index (Phi) is 2.75. The molecule has 0 amide bonds. The van der Waals surface area contributed by atoms with Gasteiger partial charge in [-0.1, -0.05) is 0 Å². The quantitative estimate of drug-likeness (QED) is 0.736. The lowest BCUT2D eigenvalue weighted by Crippen LogP contribution is -2.05. The Morgan fingerprint density at radius 2 is 2.00 bits per heavy atom. The van der Waals surface area contributed by atoms with E-state index in [0.717, 1.165) is 0 Å². The molecular formula is C12H10N6O2. The van der Waals surface area contributed by atoms with Gasteiger partial charge in [-0.2, -0.15) is 5.10 Å². The highest BCUT2D eigenvalue weighted by Gasteiger charge is 2.17. The first-order valence-corrected chi connectivity index (χ1v) is 5.73. The third-order valence-electron chi connectivity index (χ3n) is 2.82. The van der Waals surface area contributed by atoms with Gasteiger partial charge in [-0.3, -0.25) is 4.68 Å². The molecule has 0 radical (unpaired) electrons. The van der Waals surface area contributed by atoms with Crippen molar-refractivity contribution in [1.29, 1.82) is 0 Å². The molecule has 0 aliphatic rings. The molecule has 0 saturated carbocycles. The first-order chi connectivity index (χ1) is 9.66. The minimum absolute atomic E-state index is 0.0642. The van der Waals surface area contributed by atoms with Gasteiger partial charge in [0.05, 0.1) is 35.4 Å². The van der Waals surface area contributed by atoms with Crippen LogP contribution in [-0.4, -0.2) is 35.8 Å². The predicted molar refractivity (Wildman–Crippen MR) is 70.8 cm³/mol. The Morgan fingerprint density at radius 1 is 1.25 bits per heavy atom. The third-order valence-corrected chi connectivity index (χ3v) is 2.82. The molecule has 0 unspecified atom stereocenters. The summed E-state index contributed by atoms with van der Waals surface area (Å²) in [7, 11) is 1.74. The first-order valence-electron chi connectivity index (χ1n) is 5.73. The van der Waals surface area contributed by atoms with Crippen molar-refractivity contribution in [2.24, 2.45) is 7.05 Å². The molecule has 3 rings (SSSR count). The topological polar surface area (TPSA) is 106 Å². The van der Waals surface area contributed by atoms with Crippen LogP contribution in [0.2, 0.25) is 0 Å². The number of rotatable bonds is 3. The number of nitrogens with one attached hydrogen (secondary N) is 1. The summed E-state index contributed by atoms with van der Waals surface area (Å²) in [5, 5.41) is 17.0. The van der Waals surface area contributed by atoms with E-state index in [4.69, 9.17) is 0 Å². The van der Waals surface area contributed by atoms with Crippen LogP contribution in [0.15, 0.2) is 31.1 Å². The number of fused-ring (bicyclic) bond motifs is 1. The average molecular weight is 270 g/mol. The van der Waals surface area contributed by atoms with E-state index in [-0.39, 0.29) is 5.56 Å². The number of aryl methyl sites for hydroxylation is 1. The molecule has 0 aromatic carbocycles. The molecule has 0 bridgehead atoms. The first kappa shape index (κ1) is 12.0. The van der Waals surface area contributed by atoms with Gasteiger partial charge in [0.15, 0.2) is 5.65 Å². The van der Waals surface area contributed by atoms with Crippen LogP contribution in [0.4, 0.5) is 11.4 Å². The zero-order valence-corrected chi connectivity index (χ0v) is 10.5. The lowest BCUT2D eigenvalue weighted by atomic mass is 10.2. The summed E-state index contributed by atoms with van der Waals surface area (Å²) in [5.41, 5.74) is 1.67. The molecule has 3 aromatic heterocycles. The minimum atomic E-state index is -1.07. The highest BCUT2D eigenvalue weighted by Crippen LogP contribution is 2.28. The lowest BCUT2D eigenvalue weighted by Gasteiger charge is -2.09. The Balaban J connectivity index is 2.20. The van der Waals surface area contributed by atoms with Crippen LogP contribution in [0, 0.1) is 0 Å². The van der Waals surface area contributed by atoms with Gasteiger partial charge in [0.1, 0.15) is 11.9 Å². The van der Waals surface area contributed by atoms with E-state index in [2.05, 4.69) is 25.4 Å². The predicted octanol–water partition coefficient (Wildman–Crippen LogP) is 1.20. The maximum atomic E-state index is 11.3. The van der Waals surface area contributed by atoms with Crippen molar-refractivity contribution < 1.29 is 9.90 Å².